The highest BCUT2D eigenvalue weighted by molar-refractivity contribution is 9.11. The standard InChI is InChI=1S/C9H6BrFN2S/c10-7-8(12)13-9(14-7)5-1-3-6(11)4-2-5/h1-4H,12H2. The SMILES string of the molecule is Nc1nc(-c2ccc(F)cc2)sc1Br. The highest BCUT2D eigenvalue weighted by atomic mass is 79.9. The molecule has 14 heavy (non-hydrogen) atoms. The number of nitrogens with two attached hydrogens (primary N) is 1. The third kappa shape index (κ3) is 1.78. The molecule has 72 valence electrons. The van der Waals surface area contributed by atoms with Crippen molar-refractivity contribution in [3.05, 3.63) is 33.9 Å². The minimum absolute atomic E-state index is 0.252. The Labute approximate surface area is 92.7 Å². The number of benzene rings is 1. The lowest BCUT2D eigenvalue weighted by atomic mass is 10.2. The van der Waals surface area contributed by atoms with E-state index in [9.17, 15) is 4.39 Å². The first-order valence-electron chi connectivity index (χ1n) is 3.84. The molecule has 0 fully saturated rings. The Bertz CT molecular complexity index is 433. The van der Waals surface area contributed by atoms with E-state index in [1.54, 1.807) is 12.1 Å². The van der Waals surface area contributed by atoms with Crippen LogP contribution in [0.15, 0.2) is 28.1 Å². The number of thiazole rings is 1. The quantitative estimate of drug-likeness (QED) is 0.865. The van der Waals surface area contributed by atoms with Gasteiger partial charge in [0.15, 0.2) is 0 Å². The molecular formula is C9H6BrFN2S. The molecular weight excluding hydrogens is 267 g/mol. The summed E-state index contributed by atoms with van der Waals surface area (Å²) in [5, 5.41) is 0.786. The van der Waals surface area contributed by atoms with E-state index >= 15 is 0 Å². The molecule has 2 nitrogen and oxygen atoms in total. The van der Waals surface area contributed by atoms with E-state index < -0.39 is 0 Å². The van der Waals surface area contributed by atoms with E-state index in [1.807, 2.05) is 0 Å². The third-order valence-electron chi connectivity index (χ3n) is 1.70. The second kappa shape index (κ2) is 3.67. The smallest absolute Gasteiger partial charge is 0.149 e. The fraction of sp³-hybridized carbons (Fsp3) is 0. The van der Waals surface area contributed by atoms with Crippen LogP contribution in [0.4, 0.5) is 10.2 Å². The lowest BCUT2D eigenvalue weighted by molar-refractivity contribution is 0.628. The van der Waals surface area contributed by atoms with Gasteiger partial charge in [-0.25, -0.2) is 9.37 Å². The van der Waals surface area contributed by atoms with E-state index in [-0.39, 0.29) is 5.82 Å². The Balaban J connectivity index is 2.44. The van der Waals surface area contributed by atoms with Crippen molar-refractivity contribution in [2.45, 2.75) is 0 Å². The Hall–Kier alpha value is -0.940. The van der Waals surface area contributed by atoms with E-state index in [0.29, 0.717) is 5.82 Å². The first-order chi connectivity index (χ1) is 6.66. The second-order valence-electron chi connectivity index (χ2n) is 2.68. The molecule has 1 heterocycles. The molecule has 0 aliphatic carbocycles. The number of aromatic nitrogens is 1. The predicted octanol–water partition coefficient (Wildman–Crippen LogP) is 3.29. The molecule has 2 aromatic rings. The molecule has 2 rings (SSSR count). The topological polar surface area (TPSA) is 38.9 Å². The van der Waals surface area contributed by atoms with Gasteiger partial charge in [0.05, 0.1) is 0 Å². The number of hydrogen-bond acceptors (Lipinski definition) is 3. The van der Waals surface area contributed by atoms with Crippen LogP contribution in [0.3, 0.4) is 0 Å². The zero-order valence-corrected chi connectivity index (χ0v) is 9.40. The summed E-state index contributed by atoms with van der Waals surface area (Å²) in [6, 6.07) is 6.17. The van der Waals surface area contributed by atoms with Crippen molar-refractivity contribution in [2.75, 3.05) is 5.73 Å². The molecule has 0 amide bonds. The Morgan fingerprint density at radius 2 is 1.93 bits per heavy atom. The fourth-order valence-corrected chi connectivity index (χ4v) is 2.30. The van der Waals surface area contributed by atoms with Crippen LogP contribution >= 0.6 is 27.3 Å². The van der Waals surface area contributed by atoms with Crippen molar-refractivity contribution in [1.29, 1.82) is 0 Å². The number of halogens is 2. The third-order valence-corrected chi connectivity index (χ3v) is 3.50. The summed E-state index contributed by atoms with van der Waals surface area (Å²) in [6.07, 6.45) is 0. The molecule has 0 spiro atoms. The van der Waals surface area contributed by atoms with Crippen molar-refractivity contribution >= 4 is 33.1 Å². The van der Waals surface area contributed by atoms with Crippen LogP contribution in [0, 0.1) is 5.82 Å². The van der Waals surface area contributed by atoms with Gasteiger partial charge in [-0.05, 0) is 40.2 Å². The van der Waals surface area contributed by atoms with Crippen LogP contribution in [0.25, 0.3) is 10.6 Å². The fourth-order valence-electron chi connectivity index (χ4n) is 1.03. The lowest BCUT2D eigenvalue weighted by Gasteiger charge is -1.94. The molecule has 0 saturated heterocycles. The molecule has 0 unspecified atom stereocenters. The number of rotatable bonds is 1. The van der Waals surface area contributed by atoms with Gasteiger partial charge in [-0.3, -0.25) is 0 Å². The summed E-state index contributed by atoms with van der Waals surface area (Å²) < 4.78 is 13.4. The van der Waals surface area contributed by atoms with Crippen LogP contribution in [0.2, 0.25) is 0 Å². The number of nitrogens with zero attached hydrogens (tertiary/aromatic N) is 1. The van der Waals surface area contributed by atoms with E-state index in [4.69, 9.17) is 5.73 Å². The normalized spacial score (nSPS) is 10.4. The molecule has 2 N–H and O–H groups in total. The van der Waals surface area contributed by atoms with Gasteiger partial charge in [-0.15, -0.1) is 11.3 Å². The van der Waals surface area contributed by atoms with Gasteiger partial charge < -0.3 is 5.73 Å². The maximum atomic E-state index is 12.6. The van der Waals surface area contributed by atoms with Crippen LogP contribution in [-0.2, 0) is 0 Å². The maximum Gasteiger partial charge on any atom is 0.149 e. The van der Waals surface area contributed by atoms with Crippen molar-refractivity contribution in [3.8, 4) is 10.6 Å². The van der Waals surface area contributed by atoms with Gasteiger partial charge in [0.1, 0.15) is 20.4 Å². The van der Waals surface area contributed by atoms with Gasteiger partial charge in [0.25, 0.3) is 0 Å². The number of hydrogen-bond donors (Lipinski definition) is 1. The second-order valence-corrected chi connectivity index (χ2v) is 5.00. The zero-order chi connectivity index (χ0) is 10.1. The van der Waals surface area contributed by atoms with Crippen LogP contribution in [0.1, 0.15) is 0 Å². The summed E-state index contributed by atoms with van der Waals surface area (Å²) in [5.41, 5.74) is 6.46. The zero-order valence-electron chi connectivity index (χ0n) is 7.00. The van der Waals surface area contributed by atoms with E-state index in [0.717, 1.165) is 14.4 Å². The summed E-state index contributed by atoms with van der Waals surface area (Å²) in [6.45, 7) is 0. The molecule has 0 aliphatic heterocycles. The maximum absolute atomic E-state index is 12.6. The molecule has 0 radical (unpaired) electrons. The van der Waals surface area contributed by atoms with Crippen molar-refractivity contribution in [2.24, 2.45) is 0 Å². The monoisotopic (exact) mass is 272 g/mol. The van der Waals surface area contributed by atoms with Crippen molar-refractivity contribution in [3.63, 3.8) is 0 Å². The Morgan fingerprint density at radius 3 is 2.43 bits per heavy atom. The average Bonchev–Trinajstić information content (AvgIpc) is 2.48. The average molecular weight is 273 g/mol. The largest absolute Gasteiger partial charge is 0.382 e. The van der Waals surface area contributed by atoms with E-state index in [1.165, 1.54) is 23.5 Å². The van der Waals surface area contributed by atoms with Gasteiger partial charge in [0, 0.05) is 5.56 Å². The van der Waals surface area contributed by atoms with E-state index in [2.05, 4.69) is 20.9 Å². The lowest BCUT2D eigenvalue weighted by Crippen LogP contribution is -1.84. The van der Waals surface area contributed by atoms with Crippen LogP contribution in [-0.4, -0.2) is 4.98 Å². The summed E-state index contributed by atoms with van der Waals surface area (Å²) >= 11 is 4.72. The van der Waals surface area contributed by atoms with Gasteiger partial charge >= 0.3 is 0 Å². The van der Waals surface area contributed by atoms with Crippen molar-refractivity contribution < 1.29 is 4.39 Å². The van der Waals surface area contributed by atoms with Gasteiger partial charge in [0.2, 0.25) is 0 Å². The van der Waals surface area contributed by atoms with Gasteiger partial charge in [-0.1, -0.05) is 0 Å². The predicted molar refractivity (Wildman–Crippen MR) is 59.6 cm³/mol. The molecule has 1 aromatic carbocycles. The summed E-state index contributed by atoms with van der Waals surface area (Å²) in [4.78, 5) is 4.14. The molecule has 5 heteroatoms. The molecule has 0 aliphatic rings. The molecule has 0 bridgehead atoms. The minimum Gasteiger partial charge on any atom is -0.382 e. The summed E-state index contributed by atoms with van der Waals surface area (Å²) in [7, 11) is 0. The molecule has 0 saturated carbocycles. The Kier molecular flexibility index (Phi) is 2.52. The van der Waals surface area contributed by atoms with Gasteiger partial charge in [-0.2, -0.15) is 0 Å². The minimum atomic E-state index is -0.252. The highest BCUT2D eigenvalue weighted by Gasteiger charge is 2.07. The summed E-state index contributed by atoms with van der Waals surface area (Å²) in [5.74, 6) is 0.215. The number of nitrogen functional groups attached to an aromatic ring is 1. The molecule has 1 aromatic heterocycles. The Morgan fingerprint density at radius 1 is 1.29 bits per heavy atom. The molecule has 0 atom stereocenters. The van der Waals surface area contributed by atoms with Crippen LogP contribution in [0.5, 0.6) is 0 Å². The van der Waals surface area contributed by atoms with Crippen molar-refractivity contribution in [1.82, 2.24) is 4.98 Å². The first kappa shape index (κ1) is 9.61. The highest BCUT2D eigenvalue weighted by Crippen LogP contribution is 2.33. The number of anilines is 1. The first-order valence-corrected chi connectivity index (χ1v) is 5.45. The van der Waals surface area contributed by atoms with Crippen LogP contribution < -0.4 is 5.73 Å².